The fraction of sp³-hybridized carbons (Fsp3) is 0.412. The van der Waals surface area contributed by atoms with E-state index in [2.05, 4.69) is 32.1 Å². The van der Waals surface area contributed by atoms with E-state index < -0.39 is 0 Å². The molecule has 23 heavy (non-hydrogen) atoms. The standard InChI is InChI=1S/C17H21N5O/c1-2-14-9-16(20-12-19-14)22-8-4-6-15(11-22)21-17(23)13-5-3-7-18-10-13/h3,5,7,9-10,12,15H,2,4,6,8,11H2,1H3,(H,21,23). The van der Waals surface area contributed by atoms with Crippen LogP contribution in [0, 0.1) is 0 Å². The maximum Gasteiger partial charge on any atom is 0.253 e. The molecule has 0 bridgehead atoms. The Labute approximate surface area is 136 Å². The molecule has 1 saturated heterocycles. The number of amides is 1. The number of hydrogen-bond donors (Lipinski definition) is 1. The monoisotopic (exact) mass is 311 g/mol. The number of piperidine rings is 1. The van der Waals surface area contributed by atoms with Gasteiger partial charge in [-0.1, -0.05) is 6.92 Å². The number of aromatic nitrogens is 3. The molecule has 0 aliphatic carbocycles. The first-order chi connectivity index (χ1) is 11.3. The minimum Gasteiger partial charge on any atom is -0.354 e. The quantitative estimate of drug-likeness (QED) is 0.933. The molecule has 0 spiro atoms. The largest absolute Gasteiger partial charge is 0.354 e. The zero-order valence-electron chi connectivity index (χ0n) is 13.3. The average Bonchev–Trinajstić information content (AvgIpc) is 2.63. The molecule has 6 heteroatoms. The van der Waals surface area contributed by atoms with Crippen molar-refractivity contribution < 1.29 is 4.79 Å². The van der Waals surface area contributed by atoms with Crippen LogP contribution in [0.1, 0.15) is 35.8 Å². The fourth-order valence-electron chi connectivity index (χ4n) is 2.82. The van der Waals surface area contributed by atoms with E-state index in [4.69, 9.17) is 0 Å². The average molecular weight is 311 g/mol. The van der Waals surface area contributed by atoms with Gasteiger partial charge in [-0.05, 0) is 31.4 Å². The molecule has 0 aromatic carbocycles. The highest BCUT2D eigenvalue weighted by molar-refractivity contribution is 5.94. The van der Waals surface area contributed by atoms with Gasteiger partial charge in [-0.3, -0.25) is 9.78 Å². The number of pyridine rings is 1. The summed E-state index contributed by atoms with van der Waals surface area (Å²) in [6.45, 7) is 3.81. The van der Waals surface area contributed by atoms with E-state index in [0.717, 1.165) is 43.9 Å². The normalized spacial score (nSPS) is 17.8. The molecule has 1 aliphatic rings. The third-order valence-corrected chi connectivity index (χ3v) is 4.08. The summed E-state index contributed by atoms with van der Waals surface area (Å²) in [5, 5.41) is 3.10. The number of rotatable bonds is 4. The highest BCUT2D eigenvalue weighted by Gasteiger charge is 2.23. The Balaban J connectivity index is 1.65. The maximum atomic E-state index is 12.3. The first-order valence-electron chi connectivity index (χ1n) is 8.03. The van der Waals surface area contributed by atoms with Crippen molar-refractivity contribution in [3.8, 4) is 0 Å². The molecule has 1 fully saturated rings. The van der Waals surface area contributed by atoms with E-state index in [0.29, 0.717) is 5.56 Å². The molecule has 120 valence electrons. The molecular formula is C17H21N5O. The summed E-state index contributed by atoms with van der Waals surface area (Å²) < 4.78 is 0. The first kappa shape index (κ1) is 15.4. The van der Waals surface area contributed by atoms with Crippen molar-refractivity contribution in [2.24, 2.45) is 0 Å². The first-order valence-corrected chi connectivity index (χ1v) is 8.03. The summed E-state index contributed by atoms with van der Waals surface area (Å²) in [6.07, 6.45) is 7.78. The number of aryl methyl sites for hydroxylation is 1. The molecular weight excluding hydrogens is 290 g/mol. The lowest BCUT2D eigenvalue weighted by Gasteiger charge is -2.34. The zero-order valence-corrected chi connectivity index (χ0v) is 13.3. The Hall–Kier alpha value is -2.50. The lowest BCUT2D eigenvalue weighted by atomic mass is 10.0. The van der Waals surface area contributed by atoms with Gasteiger partial charge in [-0.25, -0.2) is 9.97 Å². The van der Waals surface area contributed by atoms with Crippen molar-refractivity contribution >= 4 is 11.7 Å². The second kappa shape index (κ2) is 7.17. The van der Waals surface area contributed by atoms with Gasteiger partial charge in [0.15, 0.2) is 0 Å². The third-order valence-electron chi connectivity index (χ3n) is 4.08. The number of nitrogens with zero attached hydrogens (tertiary/aromatic N) is 4. The molecule has 2 aromatic heterocycles. The molecule has 3 rings (SSSR count). The van der Waals surface area contributed by atoms with Crippen LogP contribution in [-0.4, -0.2) is 40.0 Å². The van der Waals surface area contributed by atoms with E-state index in [1.54, 1.807) is 30.9 Å². The highest BCUT2D eigenvalue weighted by Crippen LogP contribution is 2.18. The van der Waals surface area contributed by atoms with Gasteiger partial charge in [-0.15, -0.1) is 0 Å². The Kier molecular flexibility index (Phi) is 4.80. The predicted molar refractivity (Wildman–Crippen MR) is 88.3 cm³/mol. The summed E-state index contributed by atoms with van der Waals surface area (Å²) in [6, 6.07) is 5.71. The lowest BCUT2D eigenvalue weighted by Crippen LogP contribution is -2.48. The lowest BCUT2D eigenvalue weighted by molar-refractivity contribution is 0.0932. The molecule has 2 aromatic rings. The van der Waals surface area contributed by atoms with Crippen molar-refractivity contribution in [1.29, 1.82) is 0 Å². The maximum absolute atomic E-state index is 12.3. The smallest absolute Gasteiger partial charge is 0.253 e. The molecule has 1 aliphatic heterocycles. The number of carbonyl (C=O) groups excluding carboxylic acids is 1. The predicted octanol–water partition coefficient (Wildman–Crippen LogP) is 1.83. The van der Waals surface area contributed by atoms with E-state index >= 15 is 0 Å². The Morgan fingerprint density at radius 1 is 1.43 bits per heavy atom. The molecule has 0 radical (unpaired) electrons. The van der Waals surface area contributed by atoms with Crippen LogP contribution < -0.4 is 10.2 Å². The van der Waals surface area contributed by atoms with Crippen LogP contribution >= 0.6 is 0 Å². The minimum atomic E-state index is -0.0677. The topological polar surface area (TPSA) is 71.0 Å². The van der Waals surface area contributed by atoms with Crippen LogP contribution in [0.2, 0.25) is 0 Å². The van der Waals surface area contributed by atoms with Gasteiger partial charge in [0.05, 0.1) is 5.56 Å². The number of anilines is 1. The highest BCUT2D eigenvalue weighted by atomic mass is 16.1. The van der Waals surface area contributed by atoms with Gasteiger partial charge in [0.1, 0.15) is 12.1 Å². The van der Waals surface area contributed by atoms with Gasteiger partial charge in [0, 0.05) is 43.3 Å². The van der Waals surface area contributed by atoms with Crippen LogP contribution in [0.5, 0.6) is 0 Å². The minimum absolute atomic E-state index is 0.0677. The zero-order chi connectivity index (χ0) is 16.1. The number of nitrogens with one attached hydrogen (secondary N) is 1. The molecule has 1 N–H and O–H groups in total. The second-order valence-corrected chi connectivity index (χ2v) is 5.72. The van der Waals surface area contributed by atoms with Gasteiger partial charge in [-0.2, -0.15) is 0 Å². The fourth-order valence-corrected chi connectivity index (χ4v) is 2.82. The van der Waals surface area contributed by atoms with Crippen LogP contribution in [0.15, 0.2) is 36.9 Å². The van der Waals surface area contributed by atoms with E-state index in [1.807, 2.05) is 6.07 Å². The summed E-state index contributed by atoms with van der Waals surface area (Å²) in [4.78, 5) is 27.1. The molecule has 6 nitrogen and oxygen atoms in total. The summed E-state index contributed by atoms with van der Waals surface area (Å²) in [5.74, 6) is 0.874. The number of hydrogen-bond acceptors (Lipinski definition) is 5. The molecule has 1 amide bonds. The second-order valence-electron chi connectivity index (χ2n) is 5.72. The molecule has 0 saturated carbocycles. The van der Waals surface area contributed by atoms with Gasteiger partial charge >= 0.3 is 0 Å². The van der Waals surface area contributed by atoms with E-state index in [9.17, 15) is 4.79 Å². The van der Waals surface area contributed by atoms with Gasteiger partial charge in [0.2, 0.25) is 0 Å². The van der Waals surface area contributed by atoms with E-state index in [1.165, 1.54) is 0 Å². The van der Waals surface area contributed by atoms with E-state index in [-0.39, 0.29) is 11.9 Å². The van der Waals surface area contributed by atoms with Crippen molar-refractivity contribution in [1.82, 2.24) is 20.3 Å². The van der Waals surface area contributed by atoms with Gasteiger partial charge < -0.3 is 10.2 Å². The number of carbonyl (C=O) groups is 1. The SMILES string of the molecule is CCc1cc(N2CCCC(NC(=O)c3cccnc3)C2)ncn1. The van der Waals surface area contributed by atoms with Crippen LogP contribution in [0.25, 0.3) is 0 Å². The van der Waals surface area contributed by atoms with Crippen molar-refractivity contribution in [2.75, 3.05) is 18.0 Å². The molecule has 1 unspecified atom stereocenters. The van der Waals surface area contributed by atoms with Crippen molar-refractivity contribution in [2.45, 2.75) is 32.2 Å². The van der Waals surface area contributed by atoms with Crippen LogP contribution in [0.3, 0.4) is 0 Å². The summed E-state index contributed by atoms with van der Waals surface area (Å²) >= 11 is 0. The van der Waals surface area contributed by atoms with Crippen LogP contribution in [0.4, 0.5) is 5.82 Å². The van der Waals surface area contributed by atoms with Gasteiger partial charge in [0.25, 0.3) is 5.91 Å². The third kappa shape index (κ3) is 3.83. The summed E-state index contributed by atoms with van der Waals surface area (Å²) in [5.41, 5.74) is 1.64. The Morgan fingerprint density at radius 3 is 3.13 bits per heavy atom. The van der Waals surface area contributed by atoms with Crippen molar-refractivity contribution in [3.63, 3.8) is 0 Å². The molecule has 3 heterocycles. The Morgan fingerprint density at radius 2 is 2.35 bits per heavy atom. The molecule has 1 atom stereocenters. The summed E-state index contributed by atoms with van der Waals surface area (Å²) in [7, 11) is 0. The Bertz CT molecular complexity index is 661. The van der Waals surface area contributed by atoms with Crippen LogP contribution in [-0.2, 0) is 6.42 Å². The van der Waals surface area contributed by atoms with Crippen molar-refractivity contribution in [3.05, 3.63) is 48.2 Å².